The number of hydrogen-bond acceptors (Lipinski definition) is 4. The molecule has 0 saturated carbocycles. The summed E-state index contributed by atoms with van der Waals surface area (Å²) < 4.78 is 23.1. The van der Waals surface area contributed by atoms with Gasteiger partial charge >= 0.3 is 0 Å². The monoisotopic (exact) mass is 305 g/mol. The average Bonchev–Trinajstić information content (AvgIpc) is 2.37. The Morgan fingerprint density at radius 1 is 1.14 bits per heavy atom. The van der Waals surface area contributed by atoms with Crippen molar-refractivity contribution in [1.82, 2.24) is 0 Å². The number of anilines is 1. The molecule has 0 bridgehead atoms. The SMILES string of the molecule is Cc1ccc(C(C)Nc2cccc(S(C)(=O)=O)c2)c(O)c1. The number of nitrogens with one attached hydrogen (secondary N) is 1. The van der Waals surface area contributed by atoms with Crippen molar-refractivity contribution >= 4 is 15.5 Å². The highest BCUT2D eigenvalue weighted by Crippen LogP contribution is 2.28. The highest BCUT2D eigenvalue weighted by Gasteiger charge is 2.12. The minimum absolute atomic E-state index is 0.139. The summed E-state index contributed by atoms with van der Waals surface area (Å²) in [6.07, 6.45) is 1.18. The molecular weight excluding hydrogens is 286 g/mol. The van der Waals surface area contributed by atoms with E-state index in [4.69, 9.17) is 0 Å². The van der Waals surface area contributed by atoms with Gasteiger partial charge in [-0.25, -0.2) is 8.42 Å². The van der Waals surface area contributed by atoms with E-state index in [1.54, 1.807) is 30.3 Å². The van der Waals surface area contributed by atoms with Crippen LogP contribution in [0.2, 0.25) is 0 Å². The lowest BCUT2D eigenvalue weighted by Crippen LogP contribution is -2.07. The molecule has 1 atom stereocenters. The van der Waals surface area contributed by atoms with Crippen molar-refractivity contribution in [3.63, 3.8) is 0 Å². The third-order valence-corrected chi connectivity index (χ3v) is 4.41. The minimum Gasteiger partial charge on any atom is -0.508 e. The van der Waals surface area contributed by atoms with Crippen LogP contribution in [-0.4, -0.2) is 19.8 Å². The lowest BCUT2D eigenvalue weighted by Gasteiger charge is -2.17. The lowest BCUT2D eigenvalue weighted by atomic mass is 10.0. The van der Waals surface area contributed by atoms with E-state index in [-0.39, 0.29) is 16.7 Å². The molecule has 0 amide bonds. The van der Waals surface area contributed by atoms with Gasteiger partial charge < -0.3 is 10.4 Å². The van der Waals surface area contributed by atoms with Crippen molar-refractivity contribution in [3.8, 4) is 5.75 Å². The number of sulfone groups is 1. The number of phenols is 1. The highest BCUT2D eigenvalue weighted by atomic mass is 32.2. The molecule has 0 aromatic heterocycles. The van der Waals surface area contributed by atoms with Crippen molar-refractivity contribution < 1.29 is 13.5 Å². The van der Waals surface area contributed by atoms with Crippen molar-refractivity contribution in [2.75, 3.05) is 11.6 Å². The zero-order valence-electron chi connectivity index (χ0n) is 12.3. The Morgan fingerprint density at radius 2 is 1.86 bits per heavy atom. The van der Waals surface area contributed by atoms with Gasteiger partial charge in [0.25, 0.3) is 0 Å². The van der Waals surface area contributed by atoms with Gasteiger partial charge in [0.2, 0.25) is 0 Å². The van der Waals surface area contributed by atoms with Gasteiger partial charge in [0.1, 0.15) is 5.75 Å². The third kappa shape index (κ3) is 3.76. The predicted molar refractivity (Wildman–Crippen MR) is 84.4 cm³/mol. The molecule has 4 nitrogen and oxygen atoms in total. The maximum atomic E-state index is 11.6. The van der Waals surface area contributed by atoms with Crippen molar-refractivity contribution in [3.05, 3.63) is 53.6 Å². The first-order valence-electron chi connectivity index (χ1n) is 6.63. The highest BCUT2D eigenvalue weighted by molar-refractivity contribution is 7.90. The second-order valence-corrected chi connectivity index (χ2v) is 7.24. The van der Waals surface area contributed by atoms with Gasteiger partial charge in [0.05, 0.1) is 10.9 Å². The maximum absolute atomic E-state index is 11.6. The third-order valence-electron chi connectivity index (χ3n) is 3.30. The van der Waals surface area contributed by atoms with E-state index in [2.05, 4.69) is 5.32 Å². The fraction of sp³-hybridized carbons (Fsp3) is 0.250. The first kappa shape index (κ1) is 15.4. The van der Waals surface area contributed by atoms with Crippen LogP contribution in [0.25, 0.3) is 0 Å². The first-order chi connectivity index (χ1) is 9.77. The fourth-order valence-corrected chi connectivity index (χ4v) is 2.83. The van der Waals surface area contributed by atoms with E-state index < -0.39 is 9.84 Å². The molecule has 1 unspecified atom stereocenters. The standard InChI is InChI=1S/C16H19NO3S/c1-11-7-8-15(16(18)9-11)12(2)17-13-5-4-6-14(10-13)21(3,19)20/h4-10,12,17-18H,1-3H3. The van der Waals surface area contributed by atoms with E-state index >= 15 is 0 Å². The molecule has 0 aliphatic carbocycles. The van der Waals surface area contributed by atoms with Crippen LogP contribution in [0.1, 0.15) is 24.1 Å². The number of hydrogen-bond donors (Lipinski definition) is 2. The largest absolute Gasteiger partial charge is 0.508 e. The Kier molecular flexibility index (Phi) is 4.23. The van der Waals surface area contributed by atoms with Crippen LogP contribution in [-0.2, 0) is 9.84 Å². The average molecular weight is 305 g/mol. The van der Waals surface area contributed by atoms with Crippen molar-refractivity contribution in [2.45, 2.75) is 24.8 Å². The molecule has 0 heterocycles. The van der Waals surface area contributed by atoms with Gasteiger partial charge in [0.15, 0.2) is 9.84 Å². The Labute approximate surface area is 125 Å². The number of rotatable bonds is 4. The second kappa shape index (κ2) is 5.77. The summed E-state index contributed by atoms with van der Waals surface area (Å²) in [6, 6.07) is 12.0. The zero-order chi connectivity index (χ0) is 15.6. The second-order valence-electron chi connectivity index (χ2n) is 5.23. The number of aromatic hydroxyl groups is 1. The molecule has 0 saturated heterocycles. The van der Waals surface area contributed by atoms with Crippen molar-refractivity contribution in [2.24, 2.45) is 0 Å². The van der Waals surface area contributed by atoms with E-state index in [1.807, 2.05) is 26.0 Å². The summed E-state index contributed by atoms with van der Waals surface area (Å²) in [6.45, 7) is 3.83. The summed E-state index contributed by atoms with van der Waals surface area (Å²) in [5.41, 5.74) is 2.46. The topological polar surface area (TPSA) is 66.4 Å². The molecule has 21 heavy (non-hydrogen) atoms. The summed E-state index contributed by atoms with van der Waals surface area (Å²) in [4.78, 5) is 0.271. The van der Waals surface area contributed by atoms with Gasteiger partial charge in [-0.2, -0.15) is 0 Å². The predicted octanol–water partition coefficient (Wildman–Crippen LogP) is 3.28. The Hall–Kier alpha value is -2.01. The molecule has 2 aromatic rings. The first-order valence-corrected chi connectivity index (χ1v) is 8.52. The van der Waals surface area contributed by atoms with Gasteiger partial charge in [-0.15, -0.1) is 0 Å². The smallest absolute Gasteiger partial charge is 0.175 e. The van der Waals surface area contributed by atoms with Crippen molar-refractivity contribution in [1.29, 1.82) is 0 Å². The molecule has 5 heteroatoms. The molecule has 0 aliphatic rings. The summed E-state index contributed by atoms with van der Waals surface area (Å²) in [5.74, 6) is 0.231. The molecule has 0 fully saturated rings. The van der Waals surface area contributed by atoms with E-state index in [9.17, 15) is 13.5 Å². The van der Waals surface area contributed by atoms with E-state index in [0.29, 0.717) is 5.69 Å². The maximum Gasteiger partial charge on any atom is 0.175 e. The van der Waals surface area contributed by atoms with Crippen LogP contribution in [0.4, 0.5) is 5.69 Å². The molecule has 2 rings (SSSR count). The molecular formula is C16H19NO3S. The molecule has 0 aliphatic heterocycles. The van der Waals surface area contributed by atoms with Crippen LogP contribution in [0.15, 0.2) is 47.4 Å². The van der Waals surface area contributed by atoms with Crippen LogP contribution in [0, 0.1) is 6.92 Å². The molecule has 2 aromatic carbocycles. The van der Waals surface area contributed by atoms with Crippen LogP contribution >= 0.6 is 0 Å². The number of aryl methyl sites for hydroxylation is 1. The Morgan fingerprint density at radius 3 is 2.48 bits per heavy atom. The summed E-state index contributed by atoms with van der Waals surface area (Å²) >= 11 is 0. The molecule has 0 radical (unpaired) electrons. The summed E-state index contributed by atoms with van der Waals surface area (Å²) in [5, 5.41) is 13.2. The molecule has 0 spiro atoms. The van der Waals surface area contributed by atoms with E-state index in [1.165, 1.54) is 6.26 Å². The van der Waals surface area contributed by atoms with Crippen LogP contribution < -0.4 is 5.32 Å². The Balaban J connectivity index is 2.25. The summed E-state index contributed by atoms with van der Waals surface area (Å²) in [7, 11) is -3.23. The minimum atomic E-state index is -3.23. The van der Waals surface area contributed by atoms with Gasteiger partial charge in [0, 0.05) is 17.5 Å². The normalized spacial score (nSPS) is 12.9. The number of benzene rings is 2. The fourth-order valence-electron chi connectivity index (χ4n) is 2.16. The van der Waals surface area contributed by atoms with Crippen LogP contribution in [0.3, 0.4) is 0 Å². The zero-order valence-corrected chi connectivity index (χ0v) is 13.1. The Bertz CT molecular complexity index is 754. The van der Waals surface area contributed by atoms with E-state index in [0.717, 1.165) is 11.1 Å². The molecule has 2 N–H and O–H groups in total. The lowest BCUT2D eigenvalue weighted by molar-refractivity contribution is 0.465. The number of phenolic OH excluding ortho intramolecular Hbond substituents is 1. The van der Waals surface area contributed by atoms with Gasteiger partial charge in [-0.05, 0) is 43.7 Å². The molecule has 112 valence electrons. The van der Waals surface area contributed by atoms with Gasteiger partial charge in [-0.3, -0.25) is 0 Å². The van der Waals surface area contributed by atoms with Gasteiger partial charge in [-0.1, -0.05) is 18.2 Å². The van der Waals surface area contributed by atoms with Crippen LogP contribution in [0.5, 0.6) is 5.75 Å². The quantitative estimate of drug-likeness (QED) is 0.909.